The summed E-state index contributed by atoms with van der Waals surface area (Å²) in [5.41, 5.74) is 0. The van der Waals surface area contributed by atoms with E-state index in [1.807, 2.05) is 20.2 Å². The summed E-state index contributed by atoms with van der Waals surface area (Å²) in [4.78, 5) is 11.0. The molecule has 1 saturated heterocycles. The Hall–Kier alpha value is -1.67. The number of anilines is 1. The van der Waals surface area contributed by atoms with E-state index in [0.29, 0.717) is 11.1 Å². The summed E-state index contributed by atoms with van der Waals surface area (Å²) in [5.74, 6) is 2.48. The Balaban J connectivity index is 1.77. The second-order valence-electron chi connectivity index (χ2n) is 5.74. The highest BCUT2D eigenvalue weighted by Gasteiger charge is 2.22. The number of hydrogen-bond acceptors (Lipinski definition) is 7. The van der Waals surface area contributed by atoms with E-state index in [-0.39, 0.29) is 0 Å². The zero-order valence-corrected chi connectivity index (χ0v) is 14.7. The van der Waals surface area contributed by atoms with Gasteiger partial charge in [-0.3, -0.25) is 0 Å². The number of aromatic nitrogens is 5. The lowest BCUT2D eigenvalue weighted by molar-refractivity contribution is 0.434. The lowest BCUT2D eigenvalue weighted by atomic mass is 9.97. The van der Waals surface area contributed by atoms with Crippen LogP contribution >= 0.6 is 11.8 Å². The highest BCUT2D eigenvalue weighted by Crippen LogP contribution is 2.29. The molecule has 8 heteroatoms. The van der Waals surface area contributed by atoms with E-state index in [1.165, 1.54) is 11.8 Å². The average Bonchev–Trinajstić information content (AvgIpc) is 2.96. The fourth-order valence-corrected chi connectivity index (χ4v) is 3.42. The molecule has 0 saturated carbocycles. The molecule has 3 heterocycles. The number of nitrogens with one attached hydrogen (secondary N) is 1. The van der Waals surface area contributed by atoms with Gasteiger partial charge in [0.15, 0.2) is 10.3 Å². The first-order valence-electron chi connectivity index (χ1n) is 8.01. The summed E-state index contributed by atoms with van der Waals surface area (Å²) >= 11 is 1.47. The lowest BCUT2D eigenvalue weighted by Crippen LogP contribution is -2.27. The minimum atomic E-state index is 0.488. The van der Waals surface area contributed by atoms with E-state index in [1.54, 1.807) is 6.20 Å². The van der Waals surface area contributed by atoms with Crippen LogP contribution in [0, 0.1) is 0 Å². The maximum absolute atomic E-state index is 4.59. The first-order chi connectivity index (χ1) is 11.2. The van der Waals surface area contributed by atoms with Gasteiger partial charge in [-0.1, -0.05) is 0 Å². The molecule has 0 bridgehead atoms. The van der Waals surface area contributed by atoms with Gasteiger partial charge >= 0.3 is 0 Å². The van der Waals surface area contributed by atoms with Crippen LogP contribution in [0.5, 0.6) is 0 Å². The number of nitrogens with zero attached hydrogens (tertiary/aromatic N) is 6. The zero-order chi connectivity index (χ0) is 16.2. The van der Waals surface area contributed by atoms with Crippen LogP contribution in [-0.4, -0.2) is 51.4 Å². The molecule has 0 aromatic carbocycles. The maximum Gasteiger partial charge on any atom is 0.198 e. The molecule has 2 aromatic rings. The first-order valence-corrected chi connectivity index (χ1v) is 8.82. The van der Waals surface area contributed by atoms with Crippen LogP contribution in [0.1, 0.15) is 31.5 Å². The summed E-state index contributed by atoms with van der Waals surface area (Å²) in [6.07, 6.45) is 4.02. The van der Waals surface area contributed by atoms with Crippen molar-refractivity contribution in [2.24, 2.45) is 7.05 Å². The van der Waals surface area contributed by atoms with Gasteiger partial charge in [0, 0.05) is 32.8 Å². The third-order valence-electron chi connectivity index (χ3n) is 4.24. The molecule has 23 heavy (non-hydrogen) atoms. The van der Waals surface area contributed by atoms with Gasteiger partial charge in [-0.15, -0.1) is 10.2 Å². The standard InChI is InChI=1S/C15H23N7S/c1-4-21(2)12-7-10-17-14(18-12)23-15-20-19-13(22(15)3)11-5-8-16-9-6-11/h7,10-11,16H,4-6,8-9H2,1-3H3. The molecule has 1 fully saturated rings. The zero-order valence-electron chi connectivity index (χ0n) is 13.9. The van der Waals surface area contributed by atoms with Crippen molar-refractivity contribution < 1.29 is 0 Å². The van der Waals surface area contributed by atoms with E-state index in [0.717, 1.165) is 49.3 Å². The third kappa shape index (κ3) is 3.64. The van der Waals surface area contributed by atoms with Crippen molar-refractivity contribution in [3.05, 3.63) is 18.1 Å². The van der Waals surface area contributed by atoms with Crippen molar-refractivity contribution in [3.8, 4) is 0 Å². The Morgan fingerprint density at radius 1 is 1.35 bits per heavy atom. The Morgan fingerprint density at radius 2 is 2.13 bits per heavy atom. The fraction of sp³-hybridized carbons (Fsp3) is 0.600. The smallest absolute Gasteiger partial charge is 0.198 e. The van der Waals surface area contributed by atoms with Gasteiger partial charge in [0.05, 0.1) is 0 Å². The highest BCUT2D eigenvalue weighted by molar-refractivity contribution is 7.99. The molecule has 1 N–H and O–H groups in total. The van der Waals surface area contributed by atoms with E-state index in [2.05, 4.69) is 41.9 Å². The molecule has 7 nitrogen and oxygen atoms in total. The molecular formula is C15H23N7S. The molecule has 2 aromatic heterocycles. The summed E-state index contributed by atoms with van der Waals surface area (Å²) in [6.45, 7) is 5.11. The van der Waals surface area contributed by atoms with Gasteiger partial charge < -0.3 is 14.8 Å². The van der Waals surface area contributed by atoms with Crippen LogP contribution in [0.4, 0.5) is 5.82 Å². The maximum atomic E-state index is 4.59. The number of piperidine rings is 1. The molecule has 0 radical (unpaired) electrons. The second kappa shape index (κ2) is 7.27. The molecule has 0 atom stereocenters. The summed E-state index contributed by atoms with van der Waals surface area (Å²) < 4.78 is 2.08. The van der Waals surface area contributed by atoms with Gasteiger partial charge in [0.25, 0.3) is 0 Å². The monoisotopic (exact) mass is 333 g/mol. The Kier molecular flexibility index (Phi) is 5.12. The average molecular weight is 333 g/mol. The van der Waals surface area contributed by atoms with Gasteiger partial charge in [-0.25, -0.2) is 9.97 Å². The fourth-order valence-electron chi connectivity index (χ4n) is 2.69. The summed E-state index contributed by atoms with van der Waals surface area (Å²) in [7, 11) is 4.05. The minimum absolute atomic E-state index is 0.488. The molecule has 0 spiro atoms. The lowest BCUT2D eigenvalue weighted by Gasteiger charge is -2.21. The van der Waals surface area contributed by atoms with Crippen molar-refractivity contribution in [2.75, 3.05) is 31.6 Å². The highest BCUT2D eigenvalue weighted by atomic mass is 32.2. The third-order valence-corrected chi connectivity index (χ3v) is 5.16. The Morgan fingerprint density at radius 3 is 2.87 bits per heavy atom. The molecule has 1 aliphatic rings. The summed E-state index contributed by atoms with van der Waals surface area (Å²) in [5, 5.41) is 13.7. The van der Waals surface area contributed by atoms with Crippen LogP contribution in [0.3, 0.4) is 0 Å². The summed E-state index contributed by atoms with van der Waals surface area (Å²) in [6, 6.07) is 1.92. The van der Waals surface area contributed by atoms with Crippen LogP contribution in [0.15, 0.2) is 22.6 Å². The molecule has 3 rings (SSSR count). The molecule has 0 amide bonds. The van der Waals surface area contributed by atoms with Crippen LogP contribution in [0.2, 0.25) is 0 Å². The van der Waals surface area contributed by atoms with E-state index in [4.69, 9.17) is 0 Å². The SMILES string of the molecule is CCN(C)c1ccnc(Sc2nnc(C3CCNCC3)n2C)n1. The van der Waals surface area contributed by atoms with Crippen molar-refractivity contribution >= 4 is 17.6 Å². The van der Waals surface area contributed by atoms with Crippen LogP contribution in [0.25, 0.3) is 0 Å². The van der Waals surface area contributed by atoms with Gasteiger partial charge in [0.2, 0.25) is 0 Å². The van der Waals surface area contributed by atoms with Gasteiger partial charge in [-0.05, 0) is 50.7 Å². The second-order valence-corrected chi connectivity index (χ2v) is 6.67. The van der Waals surface area contributed by atoms with Gasteiger partial charge in [0.1, 0.15) is 11.6 Å². The first kappa shape index (κ1) is 16.2. The van der Waals surface area contributed by atoms with Gasteiger partial charge in [-0.2, -0.15) is 0 Å². The predicted molar refractivity (Wildman–Crippen MR) is 90.9 cm³/mol. The largest absolute Gasteiger partial charge is 0.360 e. The van der Waals surface area contributed by atoms with E-state index in [9.17, 15) is 0 Å². The van der Waals surface area contributed by atoms with E-state index >= 15 is 0 Å². The van der Waals surface area contributed by atoms with Crippen molar-refractivity contribution in [1.82, 2.24) is 30.0 Å². The van der Waals surface area contributed by atoms with Crippen molar-refractivity contribution in [2.45, 2.75) is 36.0 Å². The van der Waals surface area contributed by atoms with Crippen LogP contribution < -0.4 is 10.2 Å². The molecular weight excluding hydrogens is 310 g/mol. The quantitative estimate of drug-likeness (QED) is 0.835. The molecule has 124 valence electrons. The van der Waals surface area contributed by atoms with Crippen molar-refractivity contribution in [3.63, 3.8) is 0 Å². The topological polar surface area (TPSA) is 71.8 Å². The van der Waals surface area contributed by atoms with Crippen molar-refractivity contribution in [1.29, 1.82) is 0 Å². The molecule has 1 aliphatic heterocycles. The van der Waals surface area contributed by atoms with Crippen LogP contribution in [-0.2, 0) is 7.05 Å². The number of rotatable bonds is 5. The minimum Gasteiger partial charge on any atom is -0.360 e. The molecule has 0 aliphatic carbocycles. The Labute approximate surface area is 140 Å². The molecule has 0 unspecified atom stereocenters. The van der Waals surface area contributed by atoms with E-state index < -0.39 is 0 Å². The normalized spacial score (nSPS) is 15.8. The predicted octanol–water partition coefficient (Wildman–Crippen LogP) is 1.68. The number of hydrogen-bond donors (Lipinski definition) is 1. The Bertz CT molecular complexity index is 651.